The van der Waals surface area contributed by atoms with Crippen LogP contribution in [0.4, 0.5) is 5.69 Å². The first kappa shape index (κ1) is 15.0. The fraction of sp³-hybridized carbons (Fsp3) is 0.235. The second-order valence-electron chi connectivity index (χ2n) is 5.00. The van der Waals surface area contributed by atoms with Crippen LogP contribution in [0.15, 0.2) is 30.3 Å². The number of nitrogens with one attached hydrogen (secondary N) is 1. The Labute approximate surface area is 133 Å². The van der Waals surface area contributed by atoms with Crippen molar-refractivity contribution in [1.29, 1.82) is 0 Å². The number of fused-ring (bicyclic) bond motifs is 1. The molecular formula is C17H17NO5. The average molecular weight is 315 g/mol. The van der Waals surface area contributed by atoms with Gasteiger partial charge in [0, 0.05) is 11.1 Å². The molecule has 0 atom stereocenters. The third kappa shape index (κ3) is 2.75. The largest absolute Gasteiger partial charge is 0.496 e. The van der Waals surface area contributed by atoms with Crippen molar-refractivity contribution in [3.63, 3.8) is 0 Å². The number of methoxy groups -OCH3 is 2. The van der Waals surface area contributed by atoms with Crippen LogP contribution in [0.3, 0.4) is 0 Å². The highest BCUT2D eigenvalue weighted by molar-refractivity contribution is 6.05. The first-order chi connectivity index (χ1) is 11.1. The molecule has 1 aliphatic rings. The van der Waals surface area contributed by atoms with Gasteiger partial charge in [-0.1, -0.05) is 0 Å². The summed E-state index contributed by atoms with van der Waals surface area (Å²) >= 11 is 0. The quantitative estimate of drug-likeness (QED) is 0.939. The highest BCUT2D eigenvalue weighted by Gasteiger charge is 2.18. The highest BCUT2D eigenvalue weighted by Crippen LogP contribution is 2.36. The third-order valence-electron chi connectivity index (χ3n) is 3.66. The Morgan fingerprint density at radius 2 is 1.87 bits per heavy atom. The molecule has 6 nitrogen and oxygen atoms in total. The van der Waals surface area contributed by atoms with Gasteiger partial charge in [0.2, 0.25) is 6.79 Å². The maximum absolute atomic E-state index is 12.5. The molecule has 0 aliphatic carbocycles. The van der Waals surface area contributed by atoms with Crippen LogP contribution in [0.2, 0.25) is 0 Å². The molecule has 0 fully saturated rings. The van der Waals surface area contributed by atoms with E-state index < -0.39 is 0 Å². The van der Waals surface area contributed by atoms with E-state index in [0.717, 1.165) is 5.56 Å². The number of amides is 1. The van der Waals surface area contributed by atoms with E-state index in [0.29, 0.717) is 34.2 Å². The van der Waals surface area contributed by atoms with Crippen molar-refractivity contribution < 1.29 is 23.7 Å². The molecule has 1 heterocycles. The zero-order valence-corrected chi connectivity index (χ0v) is 13.1. The van der Waals surface area contributed by atoms with Crippen LogP contribution in [-0.4, -0.2) is 26.9 Å². The van der Waals surface area contributed by atoms with Gasteiger partial charge < -0.3 is 24.3 Å². The number of carbonyl (C=O) groups excluding carboxylic acids is 1. The van der Waals surface area contributed by atoms with E-state index >= 15 is 0 Å². The van der Waals surface area contributed by atoms with Crippen LogP contribution in [-0.2, 0) is 0 Å². The second-order valence-corrected chi connectivity index (χ2v) is 5.00. The van der Waals surface area contributed by atoms with E-state index in [-0.39, 0.29) is 12.7 Å². The summed E-state index contributed by atoms with van der Waals surface area (Å²) in [6.45, 7) is 2.04. The monoisotopic (exact) mass is 315 g/mol. The van der Waals surface area contributed by atoms with Gasteiger partial charge in [0.25, 0.3) is 5.91 Å². The van der Waals surface area contributed by atoms with Crippen molar-refractivity contribution in [3.05, 3.63) is 41.5 Å². The minimum Gasteiger partial charge on any atom is -0.496 e. The Balaban J connectivity index is 1.87. The Kier molecular flexibility index (Phi) is 3.97. The number of hydrogen-bond acceptors (Lipinski definition) is 5. The van der Waals surface area contributed by atoms with Gasteiger partial charge in [-0.3, -0.25) is 4.79 Å². The molecule has 23 heavy (non-hydrogen) atoms. The average Bonchev–Trinajstić information content (AvgIpc) is 3.02. The van der Waals surface area contributed by atoms with Crippen molar-refractivity contribution in [2.45, 2.75) is 6.92 Å². The van der Waals surface area contributed by atoms with Gasteiger partial charge in [-0.25, -0.2) is 0 Å². The lowest BCUT2D eigenvalue weighted by atomic mass is 10.1. The zero-order valence-electron chi connectivity index (χ0n) is 13.1. The predicted octanol–water partition coefficient (Wildman–Crippen LogP) is 2.99. The van der Waals surface area contributed by atoms with Crippen LogP contribution >= 0.6 is 0 Å². The van der Waals surface area contributed by atoms with Gasteiger partial charge in [-0.15, -0.1) is 0 Å². The Morgan fingerprint density at radius 1 is 1.09 bits per heavy atom. The van der Waals surface area contributed by atoms with E-state index in [1.165, 1.54) is 0 Å². The van der Waals surface area contributed by atoms with Crippen LogP contribution in [0.5, 0.6) is 23.0 Å². The Bertz CT molecular complexity index is 757. The highest BCUT2D eigenvalue weighted by atomic mass is 16.7. The topological polar surface area (TPSA) is 66.0 Å². The van der Waals surface area contributed by atoms with E-state index in [2.05, 4.69) is 5.32 Å². The minimum atomic E-state index is -0.258. The fourth-order valence-corrected chi connectivity index (χ4v) is 2.49. The number of benzene rings is 2. The van der Waals surface area contributed by atoms with E-state index in [9.17, 15) is 4.79 Å². The number of hydrogen-bond donors (Lipinski definition) is 1. The van der Waals surface area contributed by atoms with Gasteiger partial charge in [0.1, 0.15) is 11.5 Å². The summed E-state index contributed by atoms with van der Waals surface area (Å²) in [7, 11) is 3.14. The van der Waals surface area contributed by atoms with Crippen molar-refractivity contribution in [1.82, 2.24) is 0 Å². The molecule has 1 N–H and O–H groups in total. The van der Waals surface area contributed by atoms with Gasteiger partial charge in [0.05, 0.1) is 19.9 Å². The Morgan fingerprint density at radius 3 is 2.61 bits per heavy atom. The molecule has 0 saturated carbocycles. The van der Waals surface area contributed by atoms with Crippen LogP contribution in [0, 0.1) is 6.92 Å². The summed E-state index contributed by atoms with van der Waals surface area (Å²) in [5.41, 5.74) is 1.87. The predicted molar refractivity (Wildman–Crippen MR) is 84.8 cm³/mol. The van der Waals surface area contributed by atoms with E-state index in [1.807, 2.05) is 6.92 Å². The van der Waals surface area contributed by atoms with Crippen LogP contribution < -0.4 is 24.3 Å². The normalized spacial score (nSPS) is 12.0. The number of carbonyl (C=O) groups is 1. The smallest absolute Gasteiger partial charge is 0.255 e. The summed E-state index contributed by atoms with van der Waals surface area (Å²) in [5, 5.41) is 2.85. The van der Waals surface area contributed by atoms with Gasteiger partial charge in [-0.05, 0) is 37.3 Å². The lowest BCUT2D eigenvalue weighted by molar-refractivity contribution is 0.102. The summed E-state index contributed by atoms with van der Waals surface area (Å²) < 4.78 is 21.2. The van der Waals surface area contributed by atoms with Crippen molar-refractivity contribution in [2.75, 3.05) is 26.3 Å². The maximum atomic E-state index is 12.5. The van der Waals surface area contributed by atoms with Crippen molar-refractivity contribution >= 4 is 11.6 Å². The molecule has 0 aromatic heterocycles. The standard InChI is InChI=1S/C17H17NO5/c1-10-13(20-2)7-5-12(16(10)21-3)18-17(19)11-4-6-14-15(8-11)23-9-22-14/h4-8H,9H2,1-3H3,(H,18,19). The fourth-order valence-electron chi connectivity index (χ4n) is 2.49. The summed E-state index contributed by atoms with van der Waals surface area (Å²) in [5.74, 6) is 2.21. The molecule has 120 valence electrons. The minimum absolute atomic E-state index is 0.173. The van der Waals surface area contributed by atoms with Gasteiger partial charge >= 0.3 is 0 Å². The molecule has 0 unspecified atom stereocenters. The van der Waals surface area contributed by atoms with Crippen molar-refractivity contribution in [2.24, 2.45) is 0 Å². The molecule has 0 radical (unpaired) electrons. The van der Waals surface area contributed by atoms with Gasteiger partial charge in [-0.2, -0.15) is 0 Å². The molecule has 1 aliphatic heterocycles. The van der Waals surface area contributed by atoms with Gasteiger partial charge in [0.15, 0.2) is 11.5 Å². The molecule has 3 rings (SSSR count). The summed E-state index contributed by atoms with van der Waals surface area (Å²) in [6, 6.07) is 8.59. The molecule has 0 saturated heterocycles. The third-order valence-corrected chi connectivity index (χ3v) is 3.66. The first-order valence-corrected chi connectivity index (χ1v) is 7.06. The zero-order chi connectivity index (χ0) is 16.4. The molecule has 1 amide bonds. The van der Waals surface area contributed by atoms with E-state index in [1.54, 1.807) is 44.6 Å². The SMILES string of the molecule is COc1ccc(NC(=O)c2ccc3c(c2)OCO3)c(OC)c1C. The Hall–Kier alpha value is -2.89. The summed E-state index contributed by atoms with van der Waals surface area (Å²) in [4.78, 5) is 12.5. The lowest BCUT2D eigenvalue weighted by Gasteiger charge is -2.15. The lowest BCUT2D eigenvalue weighted by Crippen LogP contribution is -2.13. The number of anilines is 1. The van der Waals surface area contributed by atoms with Crippen LogP contribution in [0.25, 0.3) is 0 Å². The molecule has 0 bridgehead atoms. The summed E-state index contributed by atoms with van der Waals surface area (Å²) in [6.07, 6.45) is 0. The molecule has 0 spiro atoms. The molecule has 6 heteroatoms. The van der Waals surface area contributed by atoms with Crippen molar-refractivity contribution in [3.8, 4) is 23.0 Å². The molecule has 2 aromatic rings. The number of rotatable bonds is 4. The molecule has 2 aromatic carbocycles. The van der Waals surface area contributed by atoms with E-state index in [4.69, 9.17) is 18.9 Å². The maximum Gasteiger partial charge on any atom is 0.255 e. The molecular weight excluding hydrogens is 298 g/mol. The van der Waals surface area contributed by atoms with Crippen LogP contribution in [0.1, 0.15) is 15.9 Å². The second kappa shape index (κ2) is 6.08. The first-order valence-electron chi connectivity index (χ1n) is 7.06. The number of ether oxygens (including phenoxy) is 4.